The van der Waals surface area contributed by atoms with Crippen molar-refractivity contribution in [3.63, 3.8) is 0 Å². The Bertz CT molecular complexity index is 880. The fourth-order valence-corrected chi connectivity index (χ4v) is 2.96. The van der Waals surface area contributed by atoms with Gasteiger partial charge in [-0.3, -0.25) is 0 Å². The maximum Gasteiger partial charge on any atom is 0.151 e. The Kier molecular flexibility index (Phi) is 2.99. The fourth-order valence-electron chi connectivity index (χ4n) is 2.96. The molecule has 3 aromatic rings. The predicted molar refractivity (Wildman–Crippen MR) is 88.2 cm³/mol. The average Bonchev–Trinajstić information content (AvgIpc) is 3.09. The van der Waals surface area contributed by atoms with Gasteiger partial charge in [-0.05, 0) is 29.8 Å². The maximum absolute atomic E-state index is 10.3. The number of aliphatic hydroxyl groups excluding tert-OH is 2. The summed E-state index contributed by atoms with van der Waals surface area (Å²) in [5, 5.41) is 23.8. The summed E-state index contributed by atoms with van der Waals surface area (Å²) in [6.07, 6.45) is 3.19. The lowest BCUT2D eigenvalue weighted by Gasteiger charge is -2.05. The molecule has 4 heteroatoms. The van der Waals surface area contributed by atoms with E-state index in [2.05, 4.69) is 16.4 Å². The molecule has 0 fully saturated rings. The van der Waals surface area contributed by atoms with E-state index in [4.69, 9.17) is 0 Å². The summed E-state index contributed by atoms with van der Waals surface area (Å²) in [6.45, 7) is -0.0102. The Balaban J connectivity index is 1.86. The minimum absolute atomic E-state index is 0.0102. The summed E-state index contributed by atoms with van der Waals surface area (Å²) >= 11 is 0. The molecule has 1 aliphatic rings. The largest absolute Gasteiger partial charge is 0.392 e. The zero-order valence-corrected chi connectivity index (χ0v) is 11.9. The van der Waals surface area contributed by atoms with Gasteiger partial charge >= 0.3 is 0 Å². The molecule has 0 radical (unpaired) electrons. The van der Waals surface area contributed by atoms with Gasteiger partial charge < -0.3 is 20.5 Å². The lowest BCUT2D eigenvalue weighted by Crippen LogP contribution is -2.12. The number of fused-ring (bicyclic) bond motifs is 2. The minimum atomic E-state index is -0.738. The molecule has 0 spiro atoms. The Morgan fingerprint density at radius 3 is 2.86 bits per heavy atom. The lowest BCUT2D eigenvalue weighted by atomic mass is 10.0. The van der Waals surface area contributed by atoms with E-state index in [1.807, 2.05) is 48.7 Å². The molecule has 4 rings (SSSR count). The van der Waals surface area contributed by atoms with Crippen molar-refractivity contribution in [3.05, 3.63) is 65.4 Å². The normalized spacial score (nSPS) is 18.6. The third-order valence-corrected chi connectivity index (χ3v) is 4.10. The number of hydrogen-bond donors (Lipinski definition) is 4. The van der Waals surface area contributed by atoms with Gasteiger partial charge in [0.25, 0.3) is 0 Å². The monoisotopic (exact) mass is 292 g/mol. The Labute approximate surface area is 127 Å². The van der Waals surface area contributed by atoms with Crippen molar-refractivity contribution in [3.8, 4) is 0 Å². The van der Waals surface area contributed by atoms with Crippen LogP contribution < -0.4 is 5.32 Å². The average molecular weight is 292 g/mol. The van der Waals surface area contributed by atoms with Crippen molar-refractivity contribution in [2.75, 3.05) is 5.32 Å². The molecule has 0 saturated heterocycles. The molecule has 0 bridgehead atoms. The maximum atomic E-state index is 10.3. The van der Waals surface area contributed by atoms with E-state index in [1.165, 1.54) is 0 Å². The summed E-state index contributed by atoms with van der Waals surface area (Å²) in [4.78, 5) is 3.24. The van der Waals surface area contributed by atoms with E-state index < -0.39 is 6.23 Å². The minimum Gasteiger partial charge on any atom is -0.392 e. The van der Waals surface area contributed by atoms with E-state index in [9.17, 15) is 10.2 Å². The van der Waals surface area contributed by atoms with E-state index in [-0.39, 0.29) is 6.61 Å². The van der Waals surface area contributed by atoms with Crippen molar-refractivity contribution in [1.29, 1.82) is 0 Å². The summed E-state index contributed by atoms with van der Waals surface area (Å²) in [7, 11) is 0. The molecule has 0 saturated carbocycles. The predicted octanol–water partition coefficient (Wildman–Crippen LogP) is 2.94. The first kappa shape index (κ1) is 13.1. The molecular formula is C18H16N2O2. The van der Waals surface area contributed by atoms with Crippen LogP contribution in [0.5, 0.6) is 0 Å². The van der Waals surface area contributed by atoms with Gasteiger partial charge in [0.2, 0.25) is 0 Å². The van der Waals surface area contributed by atoms with Crippen LogP contribution in [0, 0.1) is 0 Å². The molecule has 110 valence electrons. The van der Waals surface area contributed by atoms with Gasteiger partial charge in [0.1, 0.15) is 0 Å². The summed E-state index contributed by atoms with van der Waals surface area (Å²) in [5.74, 6) is 0. The number of aliphatic hydroxyl groups is 2. The zero-order valence-electron chi connectivity index (χ0n) is 11.9. The molecule has 1 aromatic heterocycles. The highest BCUT2D eigenvalue weighted by Gasteiger charge is 2.24. The van der Waals surface area contributed by atoms with Crippen molar-refractivity contribution >= 4 is 28.2 Å². The fraction of sp³-hybridized carbons (Fsp3) is 0.111. The van der Waals surface area contributed by atoms with Crippen LogP contribution in [0.3, 0.4) is 0 Å². The number of aromatic amines is 1. The Hall–Kier alpha value is -2.56. The number of anilines is 1. The van der Waals surface area contributed by atoms with Gasteiger partial charge in [-0.2, -0.15) is 0 Å². The third-order valence-electron chi connectivity index (χ3n) is 4.10. The van der Waals surface area contributed by atoms with Gasteiger partial charge in [0, 0.05) is 39.5 Å². The number of aromatic nitrogens is 1. The van der Waals surface area contributed by atoms with Gasteiger partial charge in [0.05, 0.1) is 6.61 Å². The molecule has 0 aliphatic carbocycles. The van der Waals surface area contributed by atoms with Crippen molar-refractivity contribution in [1.82, 2.24) is 4.98 Å². The first-order valence-electron chi connectivity index (χ1n) is 7.23. The Morgan fingerprint density at radius 2 is 2.00 bits per heavy atom. The lowest BCUT2D eigenvalue weighted by molar-refractivity contribution is 0.266. The molecule has 2 heterocycles. The molecule has 2 aromatic carbocycles. The number of H-pyrrole nitrogens is 1. The third kappa shape index (κ3) is 2.01. The summed E-state index contributed by atoms with van der Waals surface area (Å²) in [6, 6.07) is 13.7. The van der Waals surface area contributed by atoms with Crippen molar-refractivity contribution in [2.45, 2.75) is 12.8 Å². The van der Waals surface area contributed by atoms with E-state index in [0.29, 0.717) is 0 Å². The Morgan fingerprint density at radius 1 is 1.14 bits per heavy atom. The number of para-hydroxylation sites is 1. The van der Waals surface area contributed by atoms with Crippen LogP contribution in [0.25, 0.3) is 22.6 Å². The number of nitrogens with one attached hydrogen (secondary N) is 2. The zero-order chi connectivity index (χ0) is 15.1. The smallest absolute Gasteiger partial charge is 0.151 e. The van der Waals surface area contributed by atoms with Crippen LogP contribution in [0.4, 0.5) is 5.69 Å². The van der Waals surface area contributed by atoms with Crippen LogP contribution in [0.15, 0.2) is 48.7 Å². The summed E-state index contributed by atoms with van der Waals surface area (Å²) < 4.78 is 0. The van der Waals surface area contributed by atoms with Gasteiger partial charge in [-0.15, -0.1) is 0 Å². The van der Waals surface area contributed by atoms with Gasteiger partial charge in [0.15, 0.2) is 6.23 Å². The standard InChI is InChI=1S/C18H16N2O2/c21-10-11-5-6-17-14(7-11)15(18(22)20-17)8-12-9-19-16-4-2-1-3-13(12)16/h1-9,18-22H,10H2. The van der Waals surface area contributed by atoms with Crippen LogP contribution >= 0.6 is 0 Å². The highest BCUT2D eigenvalue weighted by molar-refractivity contribution is 5.99. The second-order valence-electron chi connectivity index (χ2n) is 5.47. The molecule has 4 N–H and O–H groups in total. The highest BCUT2D eigenvalue weighted by atomic mass is 16.3. The van der Waals surface area contributed by atoms with Crippen molar-refractivity contribution < 1.29 is 10.2 Å². The quantitative estimate of drug-likeness (QED) is 0.587. The van der Waals surface area contributed by atoms with Crippen LogP contribution in [-0.4, -0.2) is 21.4 Å². The number of benzene rings is 2. The number of rotatable bonds is 2. The van der Waals surface area contributed by atoms with Crippen LogP contribution in [0.1, 0.15) is 16.7 Å². The topological polar surface area (TPSA) is 68.3 Å². The molecule has 4 nitrogen and oxygen atoms in total. The molecular weight excluding hydrogens is 276 g/mol. The van der Waals surface area contributed by atoms with Gasteiger partial charge in [-0.25, -0.2) is 0 Å². The highest BCUT2D eigenvalue weighted by Crippen LogP contribution is 2.37. The van der Waals surface area contributed by atoms with Crippen LogP contribution in [0.2, 0.25) is 0 Å². The van der Waals surface area contributed by atoms with E-state index in [0.717, 1.165) is 38.9 Å². The molecule has 1 aliphatic heterocycles. The molecule has 0 amide bonds. The van der Waals surface area contributed by atoms with E-state index >= 15 is 0 Å². The SMILES string of the molecule is OCc1ccc2c(c1)C(=Cc1c[nH]c3ccccc13)C(O)N2. The van der Waals surface area contributed by atoms with Crippen molar-refractivity contribution in [2.24, 2.45) is 0 Å². The van der Waals surface area contributed by atoms with Crippen LogP contribution in [-0.2, 0) is 6.61 Å². The second kappa shape index (κ2) is 5.02. The summed E-state index contributed by atoms with van der Waals surface area (Å²) in [5.41, 5.74) is 5.57. The molecule has 22 heavy (non-hydrogen) atoms. The van der Waals surface area contributed by atoms with E-state index in [1.54, 1.807) is 0 Å². The first-order chi connectivity index (χ1) is 10.8. The molecule has 1 unspecified atom stereocenters. The molecule has 1 atom stereocenters. The van der Waals surface area contributed by atoms with Gasteiger partial charge in [-0.1, -0.05) is 24.3 Å². The first-order valence-corrected chi connectivity index (χ1v) is 7.23. The number of hydrogen-bond acceptors (Lipinski definition) is 3. The second-order valence-corrected chi connectivity index (χ2v) is 5.47.